The van der Waals surface area contributed by atoms with Gasteiger partial charge >= 0.3 is 0 Å². The molecule has 0 atom stereocenters. The first-order chi connectivity index (χ1) is 26.3. The van der Waals surface area contributed by atoms with Gasteiger partial charge in [0.05, 0.1) is 45.0 Å². The van der Waals surface area contributed by atoms with E-state index in [2.05, 4.69) is 177 Å². The number of aromatic nitrogens is 5. The Hall–Kier alpha value is -7.24. The van der Waals surface area contributed by atoms with Crippen molar-refractivity contribution in [3.05, 3.63) is 188 Å². The van der Waals surface area contributed by atoms with E-state index in [1.165, 1.54) is 43.7 Å². The predicted molar refractivity (Wildman–Crippen MR) is 218 cm³/mol. The molecular formula is C48H31N5. The predicted octanol–water partition coefficient (Wildman–Crippen LogP) is 11.9. The zero-order valence-electron chi connectivity index (χ0n) is 28.6. The monoisotopic (exact) mass is 677 g/mol. The zero-order chi connectivity index (χ0) is 34.9. The molecule has 0 aliphatic rings. The third kappa shape index (κ3) is 4.57. The van der Waals surface area contributed by atoms with Gasteiger partial charge in [-0.2, -0.15) is 0 Å². The summed E-state index contributed by atoms with van der Waals surface area (Å²) in [5.41, 5.74) is 13.2. The molecule has 0 spiro atoms. The van der Waals surface area contributed by atoms with Crippen LogP contribution in [0, 0.1) is 0 Å². The van der Waals surface area contributed by atoms with Gasteiger partial charge in [-0.05, 0) is 90.0 Å². The normalized spacial score (nSPS) is 11.8. The molecule has 7 aromatic carbocycles. The molecule has 0 bridgehead atoms. The first kappa shape index (κ1) is 29.5. The molecule has 0 unspecified atom stereocenters. The van der Waals surface area contributed by atoms with Crippen molar-refractivity contribution in [2.24, 2.45) is 0 Å². The second-order valence-corrected chi connectivity index (χ2v) is 13.5. The van der Waals surface area contributed by atoms with Crippen molar-refractivity contribution in [2.75, 3.05) is 0 Å². The number of rotatable bonds is 5. The third-order valence-electron chi connectivity index (χ3n) is 10.5. The van der Waals surface area contributed by atoms with Crippen LogP contribution >= 0.6 is 0 Å². The maximum absolute atomic E-state index is 5.12. The number of benzene rings is 7. The van der Waals surface area contributed by atoms with E-state index in [-0.39, 0.29) is 0 Å². The van der Waals surface area contributed by atoms with Crippen molar-refractivity contribution in [2.45, 2.75) is 0 Å². The molecule has 0 amide bonds. The molecule has 0 saturated carbocycles. The fourth-order valence-corrected chi connectivity index (χ4v) is 8.17. The SMILES string of the molecule is c1ccc(-n2c(-c3cncc(-n4c5ccccc5c5cc(-c6ccc7c(c6)c6ccccc6n7-c6ccccc6)ccc54)c3)nc3ccccc32)cc1. The molecule has 11 rings (SSSR count). The number of hydrogen-bond acceptors (Lipinski definition) is 2. The van der Waals surface area contributed by atoms with Gasteiger partial charge in [-0.3, -0.25) is 9.55 Å². The minimum absolute atomic E-state index is 0.860. The average Bonchev–Trinajstić information content (AvgIpc) is 3.89. The largest absolute Gasteiger partial charge is 0.309 e. The summed E-state index contributed by atoms with van der Waals surface area (Å²) in [6.45, 7) is 0. The quantitative estimate of drug-likeness (QED) is 0.182. The van der Waals surface area contributed by atoms with Gasteiger partial charge in [0.25, 0.3) is 0 Å². The molecule has 248 valence electrons. The van der Waals surface area contributed by atoms with Crippen LogP contribution in [0.5, 0.6) is 0 Å². The Kier molecular flexibility index (Phi) is 6.48. The average molecular weight is 678 g/mol. The standard InChI is InChI=1S/C48H31N5/c1-3-13-35(14-4-1)51-43-20-10-7-17-38(43)40-28-32(23-25-45(40)51)33-24-26-46-41(29-33)39-18-8-11-21-44(39)52(46)37-27-34(30-49-31-37)48-50-42-19-9-12-22-47(42)53(48)36-15-5-2-6-16-36/h1-31H. The zero-order valence-corrected chi connectivity index (χ0v) is 28.6. The summed E-state index contributed by atoms with van der Waals surface area (Å²) < 4.78 is 6.92. The van der Waals surface area contributed by atoms with Crippen molar-refractivity contribution < 1.29 is 0 Å². The number of pyridine rings is 1. The molecule has 0 aliphatic carbocycles. The van der Waals surface area contributed by atoms with Crippen molar-refractivity contribution in [3.63, 3.8) is 0 Å². The smallest absolute Gasteiger partial charge is 0.147 e. The van der Waals surface area contributed by atoms with Crippen molar-refractivity contribution in [1.29, 1.82) is 0 Å². The van der Waals surface area contributed by atoms with E-state index >= 15 is 0 Å². The first-order valence-electron chi connectivity index (χ1n) is 17.9. The van der Waals surface area contributed by atoms with E-state index in [0.29, 0.717) is 0 Å². The lowest BCUT2D eigenvalue weighted by Crippen LogP contribution is -2.00. The Bertz CT molecular complexity index is 3170. The van der Waals surface area contributed by atoms with Crippen LogP contribution < -0.4 is 0 Å². The lowest BCUT2D eigenvalue weighted by Gasteiger charge is -2.12. The van der Waals surface area contributed by atoms with Gasteiger partial charge in [-0.25, -0.2) is 4.98 Å². The topological polar surface area (TPSA) is 40.6 Å². The van der Waals surface area contributed by atoms with Gasteiger partial charge in [-0.1, -0.05) is 97.1 Å². The fourth-order valence-electron chi connectivity index (χ4n) is 8.17. The van der Waals surface area contributed by atoms with Crippen LogP contribution in [0.3, 0.4) is 0 Å². The van der Waals surface area contributed by atoms with Crippen molar-refractivity contribution in [1.82, 2.24) is 23.7 Å². The van der Waals surface area contributed by atoms with E-state index in [4.69, 9.17) is 9.97 Å². The summed E-state index contributed by atoms with van der Waals surface area (Å²) >= 11 is 0. The Morgan fingerprint density at radius 2 is 0.811 bits per heavy atom. The van der Waals surface area contributed by atoms with Crippen LogP contribution in [-0.4, -0.2) is 23.7 Å². The molecule has 0 saturated heterocycles. The highest BCUT2D eigenvalue weighted by Gasteiger charge is 2.19. The Balaban J connectivity index is 1.07. The molecular weight excluding hydrogens is 647 g/mol. The third-order valence-corrected chi connectivity index (χ3v) is 10.5. The highest BCUT2D eigenvalue weighted by atomic mass is 15.1. The van der Waals surface area contributed by atoms with Crippen molar-refractivity contribution in [3.8, 4) is 39.6 Å². The van der Waals surface area contributed by atoms with Crippen LogP contribution in [0.1, 0.15) is 0 Å². The molecule has 11 aromatic rings. The molecule has 4 aromatic heterocycles. The first-order valence-corrected chi connectivity index (χ1v) is 17.9. The summed E-state index contributed by atoms with van der Waals surface area (Å²) in [4.78, 5) is 9.93. The van der Waals surface area contributed by atoms with E-state index in [1.54, 1.807) is 0 Å². The maximum Gasteiger partial charge on any atom is 0.147 e. The summed E-state index contributed by atoms with van der Waals surface area (Å²) in [7, 11) is 0. The minimum Gasteiger partial charge on any atom is -0.309 e. The van der Waals surface area contributed by atoms with Crippen LogP contribution in [-0.2, 0) is 0 Å². The van der Waals surface area contributed by atoms with Gasteiger partial charge < -0.3 is 9.13 Å². The molecule has 0 N–H and O–H groups in total. The lowest BCUT2D eigenvalue weighted by molar-refractivity contribution is 1.08. The number of para-hydroxylation sites is 6. The number of imidazole rings is 1. The molecule has 53 heavy (non-hydrogen) atoms. The van der Waals surface area contributed by atoms with Crippen LogP contribution in [0.2, 0.25) is 0 Å². The number of nitrogens with zero attached hydrogens (tertiary/aromatic N) is 5. The van der Waals surface area contributed by atoms with E-state index < -0.39 is 0 Å². The second-order valence-electron chi connectivity index (χ2n) is 13.5. The molecule has 0 fully saturated rings. The summed E-state index contributed by atoms with van der Waals surface area (Å²) in [6.07, 6.45) is 3.87. The van der Waals surface area contributed by atoms with E-state index in [9.17, 15) is 0 Å². The van der Waals surface area contributed by atoms with Gasteiger partial charge in [0.1, 0.15) is 5.82 Å². The molecule has 5 heteroatoms. The van der Waals surface area contributed by atoms with Crippen LogP contribution in [0.4, 0.5) is 0 Å². The van der Waals surface area contributed by atoms with E-state index in [1.807, 2.05) is 24.5 Å². The summed E-state index contributed by atoms with van der Waals surface area (Å²) in [5.74, 6) is 0.860. The highest BCUT2D eigenvalue weighted by Crippen LogP contribution is 2.39. The second kappa shape index (κ2) is 11.7. The Morgan fingerprint density at radius 1 is 0.321 bits per heavy atom. The summed E-state index contributed by atoms with van der Waals surface area (Å²) in [5, 5.41) is 4.90. The van der Waals surface area contributed by atoms with Crippen molar-refractivity contribution >= 4 is 54.6 Å². The molecule has 4 heterocycles. The summed E-state index contributed by atoms with van der Waals surface area (Å²) in [6, 6.07) is 62.6. The minimum atomic E-state index is 0.860. The maximum atomic E-state index is 5.12. The van der Waals surface area contributed by atoms with Gasteiger partial charge in [0, 0.05) is 44.7 Å². The lowest BCUT2D eigenvalue weighted by atomic mass is 10.0. The van der Waals surface area contributed by atoms with Gasteiger partial charge in [0.2, 0.25) is 0 Å². The number of hydrogen-bond donors (Lipinski definition) is 0. The molecule has 0 aliphatic heterocycles. The Morgan fingerprint density at radius 3 is 1.43 bits per heavy atom. The van der Waals surface area contributed by atoms with Crippen LogP contribution in [0.25, 0.3) is 94.2 Å². The van der Waals surface area contributed by atoms with Gasteiger partial charge in [-0.15, -0.1) is 0 Å². The van der Waals surface area contributed by atoms with E-state index in [0.717, 1.165) is 50.5 Å². The van der Waals surface area contributed by atoms with Crippen LogP contribution in [0.15, 0.2) is 188 Å². The van der Waals surface area contributed by atoms with Gasteiger partial charge in [0.15, 0.2) is 0 Å². The highest BCUT2D eigenvalue weighted by molar-refractivity contribution is 6.12. The molecule has 0 radical (unpaired) electrons. The Labute approximate surface area is 305 Å². The molecule has 5 nitrogen and oxygen atoms in total. The fraction of sp³-hybridized carbons (Fsp3) is 0. The number of fused-ring (bicyclic) bond motifs is 7.